The third kappa shape index (κ3) is 4.26. The van der Waals surface area contributed by atoms with E-state index in [-0.39, 0.29) is 17.5 Å². The van der Waals surface area contributed by atoms with Gasteiger partial charge in [-0.25, -0.2) is 0 Å². The first kappa shape index (κ1) is 17.8. The number of nitrogens with one attached hydrogen (secondary N) is 1. The van der Waals surface area contributed by atoms with Crippen LogP contribution in [0.15, 0.2) is 11.6 Å². The summed E-state index contributed by atoms with van der Waals surface area (Å²) in [7, 11) is 1.80. The Balaban J connectivity index is 2.14. The van der Waals surface area contributed by atoms with Crippen LogP contribution in [0.1, 0.15) is 61.9 Å². The van der Waals surface area contributed by atoms with Crippen molar-refractivity contribution in [1.29, 1.82) is 10.5 Å². The molecule has 1 aromatic rings. The molecular weight excluding hydrogens is 300 g/mol. The third-order valence-corrected chi connectivity index (χ3v) is 4.79. The predicted molar refractivity (Wildman–Crippen MR) is 92.7 cm³/mol. The topological polar surface area (TPSA) is 81.6 Å². The molecule has 0 saturated heterocycles. The second-order valence-corrected chi connectivity index (χ2v) is 6.43. The molecule has 0 aliphatic heterocycles. The highest BCUT2D eigenvalue weighted by molar-refractivity contribution is 6.02. The van der Waals surface area contributed by atoms with Gasteiger partial charge in [0.15, 0.2) is 0 Å². The van der Waals surface area contributed by atoms with E-state index < -0.39 is 0 Å². The normalized spacial score (nSPS) is 16.6. The van der Waals surface area contributed by atoms with E-state index in [1.54, 1.807) is 23.8 Å². The Morgan fingerprint density at radius 2 is 1.88 bits per heavy atom. The average Bonchev–Trinajstić information content (AvgIpc) is 2.82. The molecule has 1 saturated carbocycles. The zero-order valence-corrected chi connectivity index (χ0v) is 14.4. The van der Waals surface area contributed by atoms with Gasteiger partial charge in [0.25, 0.3) is 5.91 Å². The maximum Gasteiger partial charge on any atom is 0.262 e. The number of hydrogen-bond donors (Lipinski definition) is 1. The largest absolute Gasteiger partial charge is 0.349 e. The van der Waals surface area contributed by atoms with E-state index in [1.165, 1.54) is 19.3 Å². The lowest BCUT2D eigenvalue weighted by atomic mass is 9.96. The SMILES string of the molecule is Cc1c(/C=C(/C#N)C(=O)NC2CCCCCCC2)cc(C#N)n1C. The van der Waals surface area contributed by atoms with Crippen molar-refractivity contribution in [2.24, 2.45) is 7.05 Å². The number of nitrogens with zero attached hydrogens (tertiary/aromatic N) is 3. The summed E-state index contributed by atoms with van der Waals surface area (Å²) in [5.74, 6) is -0.315. The number of carbonyl (C=O) groups is 1. The second-order valence-electron chi connectivity index (χ2n) is 6.43. The van der Waals surface area contributed by atoms with Gasteiger partial charge >= 0.3 is 0 Å². The zero-order valence-electron chi connectivity index (χ0n) is 14.4. The number of aromatic nitrogens is 1. The van der Waals surface area contributed by atoms with E-state index >= 15 is 0 Å². The van der Waals surface area contributed by atoms with E-state index in [2.05, 4.69) is 11.4 Å². The van der Waals surface area contributed by atoms with Gasteiger partial charge in [-0.15, -0.1) is 0 Å². The van der Waals surface area contributed by atoms with Gasteiger partial charge < -0.3 is 9.88 Å². The highest BCUT2D eigenvalue weighted by Gasteiger charge is 2.17. The summed E-state index contributed by atoms with van der Waals surface area (Å²) in [6.45, 7) is 1.87. The summed E-state index contributed by atoms with van der Waals surface area (Å²) in [6.07, 6.45) is 9.49. The van der Waals surface area contributed by atoms with Crippen molar-refractivity contribution < 1.29 is 4.79 Å². The molecule has 1 N–H and O–H groups in total. The fourth-order valence-corrected chi connectivity index (χ4v) is 3.14. The van der Waals surface area contributed by atoms with Crippen LogP contribution in [0, 0.1) is 29.6 Å². The minimum absolute atomic E-state index is 0.0928. The highest BCUT2D eigenvalue weighted by atomic mass is 16.1. The van der Waals surface area contributed by atoms with Gasteiger partial charge in [0.2, 0.25) is 0 Å². The first-order chi connectivity index (χ1) is 11.6. The number of hydrogen-bond acceptors (Lipinski definition) is 3. The quantitative estimate of drug-likeness (QED) is 0.684. The first-order valence-electron chi connectivity index (χ1n) is 8.56. The lowest BCUT2D eigenvalue weighted by Crippen LogP contribution is -2.35. The van der Waals surface area contributed by atoms with Crippen LogP contribution < -0.4 is 5.32 Å². The minimum Gasteiger partial charge on any atom is -0.349 e. The molecule has 0 radical (unpaired) electrons. The molecule has 0 unspecified atom stereocenters. The Hall–Kier alpha value is -2.53. The van der Waals surface area contributed by atoms with Crippen molar-refractivity contribution >= 4 is 12.0 Å². The fraction of sp³-hybridized carbons (Fsp3) is 0.526. The van der Waals surface area contributed by atoms with Gasteiger partial charge in [-0.1, -0.05) is 32.1 Å². The van der Waals surface area contributed by atoms with Crippen LogP contribution in [0.2, 0.25) is 0 Å². The summed E-state index contributed by atoms with van der Waals surface area (Å²) in [6, 6.07) is 5.96. The van der Waals surface area contributed by atoms with Crippen molar-refractivity contribution in [1.82, 2.24) is 9.88 Å². The van der Waals surface area contributed by atoms with Crippen LogP contribution >= 0.6 is 0 Å². The summed E-state index contributed by atoms with van der Waals surface area (Å²) in [4.78, 5) is 12.4. The molecule has 0 aromatic carbocycles. The maximum atomic E-state index is 12.4. The van der Waals surface area contributed by atoms with Gasteiger partial charge in [0.05, 0.1) is 0 Å². The van der Waals surface area contributed by atoms with E-state index in [1.807, 2.05) is 13.0 Å². The molecule has 1 aliphatic carbocycles. The Morgan fingerprint density at radius 3 is 2.42 bits per heavy atom. The molecule has 1 amide bonds. The van der Waals surface area contributed by atoms with Crippen LogP contribution in [-0.4, -0.2) is 16.5 Å². The first-order valence-corrected chi connectivity index (χ1v) is 8.56. The lowest BCUT2D eigenvalue weighted by molar-refractivity contribution is -0.117. The van der Waals surface area contributed by atoms with Crippen LogP contribution in [-0.2, 0) is 11.8 Å². The van der Waals surface area contributed by atoms with Crippen LogP contribution in [0.25, 0.3) is 6.08 Å². The molecule has 5 nitrogen and oxygen atoms in total. The summed E-state index contributed by atoms with van der Waals surface area (Å²) in [5.41, 5.74) is 2.20. The third-order valence-electron chi connectivity index (χ3n) is 4.79. The Labute approximate surface area is 143 Å². The van der Waals surface area contributed by atoms with E-state index in [0.29, 0.717) is 5.69 Å². The van der Waals surface area contributed by atoms with Crippen LogP contribution in [0.4, 0.5) is 0 Å². The molecule has 0 spiro atoms. The number of rotatable bonds is 3. The molecule has 5 heteroatoms. The Kier molecular flexibility index (Phi) is 6.21. The van der Waals surface area contributed by atoms with Crippen molar-refractivity contribution in [2.45, 2.75) is 57.9 Å². The fourth-order valence-electron chi connectivity index (χ4n) is 3.14. The molecular formula is C19H24N4O. The molecule has 2 rings (SSSR count). The number of nitriles is 2. The molecule has 1 heterocycles. The summed E-state index contributed by atoms with van der Waals surface area (Å²) < 4.78 is 1.76. The van der Waals surface area contributed by atoms with Gasteiger partial charge in [-0.3, -0.25) is 4.79 Å². The molecule has 0 atom stereocenters. The molecule has 24 heavy (non-hydrogen) atoms. The average molecular weight is 324 g/mol. The monoisotopic (exact) mass is 324 g/mol. The lowest BCUT2D eigenvalue weighted by Gasteiger charge is -2.20. The highest BCUT2D eigenvalue weighted by Crippen LogP contribution is 2.19. The van der Waals surface area contributed by atoms with Crippen LogP contribution in [0.3, 0.4) is 0 Å². The van der Waals surface area contributed by atoms with Gasteiger partial charge in [0, 0.05) is 18.8 Å². The van der Waals surface area contributed by atoms with Gasteiger partial charge in [-0.05, 0) is 37.5 Å². The Bertz CT molecular complexity index is 707. The standard InChI is InChI=1S/C19H24N4O/c1-14-15(11-18(13-21)23(14)2)10-16(12-20)19(24)22-17-8-6-4-3-5-7-9-17/h10-11,17H,3-9H2,1-2H3,(H,22,24)/b16-10-. The summed E-state index contributed by atoms with van der Waals surface area (Å²) >= 11 is 0. The van der Waals surface area contributed by atoms with Crippen LogP contribution in [0.5, 0.6) is 0 Å². The second kappa shape index (κ2) is 8.36. The molecule has 0 bridgehead atoms. The smallest absolute Gasteiger partial charge is 0.262 e. The minimum atomic E-state index is -0.315. The van der Waals surface area contributed by atoms with Gasteiger partial charge in [-0.2, -0.15) is 10.5 Å². The Morgan fingerprint density at radius 1 is 1.25 bits per heavy atom. The summed E-state index contributed by atoms with van der Waals surface area (Å²) in [5, 5.41) is 21.5. The van der Waals surface area contributed by atoms with Crippen molar-refractivity contribution in [3.8, 4) is 12.1 Å². The zero-order chi connectivity index (χ0) is 17.5. The number of carbonyl (C=O) groups excluding carboxylic acids is 1. The number of amides is 1. The molecule has 1 fully saturated rings. The van der Waals surface area contributed by atoms with Crippen molar-refractivity contribution in [2.75, 3.05) is 0 Å². The van der Waals surface area contributed by atoms with E-state index in [4.69, 9.17) is 5.26 Å². The van der Waals surface area contributed by atoms with E-state index in [9.17, 15) is 10.1 Å². The molecule has 1 aliphatic rings. The maximum absolute atomic E-state index is 12.4. The van der Waals surface area contributed by atoms with E-state index in [0.717, 1.165) is 36.9 Å². The van der Waals surface area contributed by atoms with Gasteiger partial charge in [0.1, 0.15) is 23.4 Å². The van der Waals surface area contributed by atoms with Crippen molar-refractivity contribution in [3.63, 3.8) is 0 Å². The molecule has 1 aromatic heterocycles. The molecule has 126 valence electrons. The predicted octanol–water partition coefficient (Wildman–Crippen LogP) is 3.34. The van der Waals surface area contributed by atoms with Crippen molar-refractivity contribution in [3.05, 3.63) is 28.6 Å².